The third-order valence-corrected chi connectivity index (χ3v) is 3.54. The molecule has 0 amide bonds. The van der Waals surface area contributed by atoms with Gasteiger partial charge in [0.2, 0.25) is 0 Å². The van der Waals surface area contributed by atoms with Crippen LogP contribution < -0.4 is 5.73 Å². The fourth-order valence-corrected chi connectivity index (χ4v) is 2.39. The average Bonchev–Trinajstić information content (AvgIpc) is 2.48. The number of nitrogens with zero attached hydrogens (tertiary/aromatic N) is 1. The molecule has 0 aliphatic heterocycles. The number of pyridine rings is 1. The van der Waals surface area contributed by atoms with E-state index in [2.05, 4.69) is 4.98 Å². The molecule has 3 nitrogen and oxygen atoms in total. The van der Waals surface area contributed by atoms with Gasteiger partial charge in [-0.3, -0.25) is 9.78 Å². The van der Waals surface area contributed by atoms with Crippen LogP contribution in [0, 0.1) is 13.8 Å². The van der Waals surface area contributed by atoms with Gasteiger partial charge in [-0.1, -0.05) is 17.7 Å². The van der Waals surface area contributed by atoms with Gasteiger partial charge in [0.25, 0.3) is 0 Å². The summed E-state index contributed by atoms with van der Waals surface area (Å²) in [6.45, 7) is 3.90. The van der Waals surface area contributed by atoms with Crippen LogP contribution in [0.1, 0.15) is 27.2 Å². The first-order chi connectivity index (χ1) is 10.0. The number of rotatable bonds is 2. The number of nitrogens with two attached hydrogens (primary N) is 1. The number of benzene rings is 2. The highest BCUT2D eigenvalue weighted by Crippen LogP contribution is 2.21. The van der Waals surface area contributed by atoms with E-state index in [1.54, 1.807) is 12.1 Å². The van der Waals surface area contributed by atoms with Crippen molar-refractivity contribution >= 4 is 22.4 Å². The summed E-state index contributed by atoms with van der Waals surface area (Å²) in [5.74, 6) is -0.0568. The van der Waals surface area contributed by atoms with Gasteiger partial charge in [-0.15, -0.1) is 0 Å². The zero-order valence-corrected chi connectivity index (χ0v) is 12.1. The third-order valence-electron chi connectivity index (χ3n) is 3.54. The smallest absolute Gasteiger partial charge is 0.195 e. The summed E-state index contributed by atoms with van der Waals surface area (Å²) in [5, 5.41) is 0.956. The quantitative estimate of drug-likeness (QED) is 0.574. The van der Waals surface area contributed by atoms with Crippen LogP contribution >= 0.6 is 0 Å². The topological polar surface area (TPSA) is 56.0 Å². The van der Waals surface area contributed by atoms with Crippen molar-refractivity contribution in [1.29, 1.82) is 0 Å². The van der Waals surface area contributed by atoms with E-state index in [1.165, 1.54) is 0 Å². The van der Waals surface area contributed by atoms with Crippen molar-refractivity contribution in [2.75, 3.05) is 5.73 Å². The number of fused-ring (bicyclic) bond motifs is 1. The standard InChI is InChI=1S/C18H16N2O/c1-11-3-7-16(19)15(9-11)18(21)14-6-8-17-13(10-14)5-4-12(2)20-17/h3-10H,19H2,1-2H3. The molecule has 0 saturated carbocycles. The Kier molecular flexibility index (Phi) is 3.18. The summed E-state index contributed by atoms with van der Waals surface area (Å²) < 4.78 is 0. The molecule has 3 rings (SSSR count). The maximum Gasteiger partial charge on any atom is 0.195 e. The lowest BCUT2D eigenvalue weighted by Crippen LogP contribution is -2.05. The summed E-state index contributed by atoms with van der Waals surface area (Å²) in [4.78, 5) is 17.1. The number of anilines is 1. The highest BCUT2D eigenvalue weighted by Gasteiger charge is 2.13. The summed E-state index contributed by atoms with van der Waals surface area (Å²) in [5.41, 5.74) is 10.5. The van der Waals surface area contributed by atoms with Crippen LogP contribution in [-0.4, -0.2) is 10.8 Å². The van der Waals surface area contributed by atoms with Gasteiger partial charge in [0.15, 0.2) is 5.78 Å². The third kappa shape index (κ3) is 2.50. The number of hydrogen-bond donors (Lipinski definition) is 1. The van der Waals surface area contributed by atoms with Gasteiger partial charge in [-0.2, -0.15) is 0 Å². The van der Waals surface area contributed by atoms with Crippen LogP contribution in [0.5, 0.6) is 0 Å². The lowest BCUT2D eigenvalue weighted by atomic mass is 9.98. The second kappa shape index (κ2) is 5.02. The van der Waals surface area contributed by atoms with Crippen LogP contribution in [-0.2, 0) is 0 Å². The Hall–Kier alpha value is -2.68. The Morgan fingerprint density at radius 2 is 1.81 bits per heavy atom. The minimum Gasteiger partial charge on any atom is -0.398 e. The molecule has 0 aliphatic rings. The van der Waals surface area contributed by atoms with E-state index >= 15 is 0 Å². The largest absolute Gasteiger partial charge is 0.398 e. The Bertz CT molecular complexity index is 853. The summed E-state index contributed by atoms with van der Waals surface area (Å²) in [6.07, 6.45) is 0. The molecule has 0 unspecified atom stereocenters. The lowest BCUT2D eigenvalue weighted by Gasteiger charge is -2.07. The summed E-state index contributed by atoms with van der Waals surface area (Å²) in [6, 6.07) is 15.0. The number of carbonyl (C=O) groups is 1. The van der Waals surface area contributed by atoms with Crippen molar-refractivity contribution in [2.45, 2.75) is 13.8 Å². The van der Waals surface area contributed by atoms with E-state index in [9.17, 15) is 4.79 Å². The van der Waals surface area contributed by atoms with Crippen LogP contribution in [0.2, 0.25) is 0 Å². The van der Waals surface area contributed by atoms with Gasteiger partial charge in [-0.25, -0.2) is 0 Å². The average molecular weight is 276 g/mol. The fraction of sp³-hybridized carbons (Fsp3) is 0.111. The minimum absolute atomic E-state index is 0.0568. The molecule has 0 saturated heterocycles. The number of aryl methyl sites for hydroxylation is 2. The van der Waals surface area contributed by atoms with Crippen molar-refractivity contribution in [3.63, 3.8) is 0 Å². The van der Waals surface area contributed by atoms with E-state index in [-0.39, 0.29) is 5.78 Å². The number of aromatic nitrogens is 1. The summed E-state index contributed by atoms with van der Waals surface area (Å²) >= 11 is 0. The molecule has 0 radical (unpaired) electrons. The molecule has 0 bridgehead atoms. The monoisotopic (exact) mass is 276 g/mol. The van der Waals surface area contributed by atoms with Crippen molar-refractivity contribution in [3.8, 4) is 0 Å². The Morgan fingerprint density at radius 3 is 2.62 bits per heavy atom. The zero-order valence-electron chi connectivity index (χ0n) is 12.1. The molecule has 21 heavy (non-hydrogen) atoms. The molecule has 3 heteroatoms. The predicted octanol–water partition coefficient (Wildman–Crippen LogP) is 3.66. The highest BCUT2D eigenvalue weighted by atomic mass is 16.1. The second-order valence-corrected chi connectivity index (χ2v) is 5.28. The first-order valence-electron chi connectivity index (χ1n) is 6.83. The van der Waals surface area contributed by atoms with Gasteiger partial charge in [-0.05, 0) is 50.2 Å². The number of hydrogen-bond acceptors (Lipinski definition) is 3. The van der Waals surface area contributed by atoms with Crippen LogP contribution in [0.4, 0.5) is 5.69 Å². The van der Waals surface area contributed by atoms with Crippen molar-refractivity contribution in [2.24, 2.45) is 0 Å². The van der Waals surface area contributed by atoms with Crippen molar-refractivity contribution in [3.05, 3.63) is 70.9 Å². The molecule has 0 spiro atoms. The molecular weight excluding hydrogens is 260 g/mol. The van der Waals surface area contributed by atoms with Gasteiger partial charge in [0.05, 0.1) is 5.52 Å². The molecule has 0 aliphatic carbocycles. The van der Waals surface area contributed by atoms with Gasteiger partial charge in [0.1, 0.15) is 0 Å². The SMILES string of the molecule is Cc1ccc(N)c(C(=O)c2ccc3nc(C)ccc3c2)c1. The first-order valence-corrected chi connectivity index (χ1v) is 6.83. The van der Waals surface area contributed by atoms with Gasteiger partial charge in [0, 0.05) is 27.9 Å². The van der Waals surface area contributed by atoms with E-state index in [0.29, 0.717) is 16.8 Å². The van der Waals surface area contributed by atoms with E-state index < -0.39 is 0 Å². The van der Waals surface area contributed by atoms with Gasteiger partial charge >= 0.3 is 0 Å². The van der Waals surface area contributed by atoms with Crippen LogP contribution in [0.25, 0.3) is 10.9 Å². The number of nitrogen functional groups attached to an aromatic ring is 1. The summed E-state index contributed by atoms with van der Waals surface area (Å²) in [7, 11) is 0. The Labute approximate surface area is 123 Å². The highest BCUT2D eigenvalue weighted by molar-refractivity contribution is 6.13. The number of ketones is 1. The molecule has 1 heterocycles. The van der Waals surface area contributed by atoms with Crippen molar-refractivity contribution < 1.29 is 4.79 Å². The van der Waals surface area contributed by atoms with Crippen molar-refractivity contribution in [1.82, 2.24) is 4.98 Å². The first kappa shape index (κ1) is 13.3. The minimum atomic E-state index is -0.0568. The van der Waals surface area contributed by atoms with E-state index in [0.717, 1.165) is 22.2 Å². The molecule has 2 aromatic carbocycles. The molecule has 3 aromatic rings. The number of carbonyl (C=O) groups excluding carboxylic acids is 1. The normalized spacial score (nSPS) is 10.8. The Morgan fingerprint density at radius 1 is 1.00 bits per heavy atom. The van der Waals surface area contributed by atoms with Crippen LogP contribution in [0.3, 0.4) is 0 Å². The molecule has 104 valence electrons. The predicted molar refractivity (Wildman–Crippen MR) is 85.5 cm³/mol. The molecule has 2 N–H and O–H groups in total. The van der Waals surface area contributed by atoms with Crippen LogP contribution in [0.15, 0.2) is 48.5 Å². The van der Waals surface area contributed by atoms with E-state index in [4.69, 9.17) is 5.73 Å². The molecule has 1 aromatic heterocycles. The molecular formula is C18H16N2O. The lowest BCUT2D eigenvalue weighted by molar-refractivity contribution is 0.103. The van der Waals surface area contributed by atoms with Gasteiger partial charge < -0.3 is 5.73 Å². The second-order valence-electron chi connectivity index (χ2n) is 5.28. The zero-order chi connectivity index (χ0) is 15.0. The van der Waals surface area contributed by atoms with E-state index in [1.807, 2.05) is 50.2 Å². The molecule has 0 fully saturated rings. The maximum atomic E-state index is 12.6. The fourth-order valence-electron chi connectivity index (χ4n) is 2.39. The maximum absolute atomic E-state index is 12.6. The molecule has 0 atom stereocenters. The Balaban J connectivity index is 2.09.